The van der Waals surface area contributed by atoms with E-state index in [4.69, 9.17) is 20.4 Å². The standard InChI is InChI=1S/C22H26N2.C6H8O7/c1-24(2)22(18-8-4-3-5-9-18)14-12-17(13-15-22)20-16-23-21-11-7-6-10-19(20)21;7-3(8)1-6(13,5(11)12)2-4(9)10/h3-11,16-17,23H,12-15H2,1-2H3;13H,1-2H2,(H,7,8)(H,9,10)(H,11,12). The number of nitrogens with one attached hydrogen (secondary N) is 1. The zero-order valence-corrected chi connectivity index (χ0v) is 21.1. The summed E-state index contributed by atoms with van der Waals surface area (Å²) >= 11 is 0. The molecule has 0 amide bonds. The molecule has 9 nitrogen and oxygen atoms in total. The molecule has 0 bridgehead atoms. The van der Waals surface area contributed by atoms with Crippen LogP contribution in [0.15, 0.2) is 60.8 Å². The van der Waals surface area contributed by atoms with Crippen LogP contribution >= 0.6 is 0 Å². The van der Waals surface area contributed by atoms with Gasteiger partial charge in [-0.2, -0.15) is 0 Å². The van der Waals surface area contributed by atoms with Crippen LogP contribution in [-0.4, -0.2) is 67.9 Å². The zero-order valence-electron chi connectivity index (χ0n) is 21.1. The van der Waals surface area contributed by atoms with Crippen molar-refractivity contribution >= 4 is 28.8 Å². The highest BCUT2D eigenvalue weighted by atomic mass is 16.4. The van der Waals surface area contributed by atoms with Crippen molar-refractivity contribution in [3.8, 4) is 0 Å². The molecule has 0 atom stereocenters. The molecule has 4 rings (SSSR count). The average Bonchev–Trinajstić information content (AvgIpc) is 3.28. The van der Waals surface area contributed by atoms with E-state index in [1.807, 2.05) is 0 Å². The average molecular weight is 511 g/mol. The lowest BCUT2D eigenvalue weighted by Crippen LogP contribution is -2.44. The molecule has 1 aliphatic carbocycles. The first-order valence-electron chi connectivity index (χ1n) is 12.2. The number of carboxylic acid groups (broad SMARTS) is 3. The zero-order chi connectivity index (χ0) is 27.2. The fourth-order valence-electron chi connectivity index (χ4n) is 5.29. The molecule has 0 unspecified atom stereocenters. The molecule has 5 N–H and O–H groups in total. The Morgan fingerprint density at radius 1 is 0.919 bits per heavy atom. The lowest BCUT2D eigenvalue weighted by atomic mass is 9.70. The molecular weight excluding hydrogens is 476 g/mol. The maximum Gasteiger partial charge on any atom is 0.336 e. The van der Waals surface area contributed by atoms with Crippen LogP contribution in [0.1, 0.15) is 55.6 Å². The summed E-state index contributed by atoms with van der Waals surface area (Å²) in [4.78, 5) is 36.4. The lowest BCUT2D eigenvalue weighted by Gasteiger charge is -2.45. The van der Waals surface area contributed by atoms with Crippen LogP contribution in [0.25, 0.3) is 10.9 Å². The number of rotatable bonds is 8. The smallest absolute Gasteiger partial charge is 0.336 e. The second kappa shape index (κ2) is 11.6. The van der Waals surface area contributed by atoms with Crippen molar-refractivity contribution in [1.29, 1.82) is 0 Å². The summed E-state index contributed by atoms with van der Waals surface area (Å²) in [6.07, 6.45) is 4.87. The highest BCUT2D eigenvalue weighted by molar-refractivity contribution is 5.88. The minimum absolute atomic E-state index is 0.184. The quantitative estimate of drug-likeness (QED) is 0.305. The lowest BCUT2D eigenvalue weighted by molar-refractivity contribution is -0.170. The predicted octanol–water partition coefficient (Wildman–Crippen LogP) is 4.03. The minimum atomic E-state index is -2.74. The van der Waals surface area contributed by atoms with Gasteiger partial charge in [0, 0.05) is 22.6 Å². The summed E-state index contributed by atoms with van der Waals surface area (Å²) in [5, 5.41) is 35.2. The van der Waals surface area contributed by atoms with Gasteiger partial charge in [-0.05, 0) is 62.9 Å². The van der Waals surface area contributed by atoms with Gasteiger partial charge in [-0.25, -0.2) is 4.79 Å². The molecule has 1 heterocycles. The first-order chi connectivity index (χ1) is 17.5. The SMILES string of the molecule is CN(C)C1(c2ccccc2)CCC(c2c[nH]c3ccccc23)CC1.O=C(O)CC(O)(CC(=O)O)C(=O)O. The van der Waals surface area contributed by atoms with Crippen molar-refractivity contribution in [2.24, 2.45) is 0 Å². The number of para-hydroxylation sites is 1. The van der Waals surface area contributed by atoms with Crippen molar-refractivity contribution in [3.05, 3.63) is 71.9 Å². The minimum Gasteiger partial charge on any atom is -0.481 e. The monoisotopic (exact) mass is 510 g/mol. The molecule has 0 aliphatic heterocycles. The Morgan fingerprint density at radius 2 is 1.46 bits per heavy atom. The van der Waals surface area contributed by atoms with Crippen LogP contribution in [0.4, 0.5) is 0 Å². The van der Waals surface area contributed by atoms with Crippen LogP contribution in [0.2, 0.25) is 0 Å². The number of aliphatic carboxylic acids is 3. The van der Waals surface area contributed by atoms with Gasteiger partial charge in [0.05, 0.1) is 12.8 Å². The Morgan fingerprint density at radius 3 is 1.97 bits per heavy atom. The molecule has 37 heavy (non-hydrogen) atoms. The van der Waals surface area contributed by atoms with Gasteiger partial charge in [0.2, 0.25) is 0 Å². The topological polar surface area (TPSA) is 151 Å². The number of benzene rings is 2. The van der Waals surface area contributed by atoms with Gasteiger partial charge in [-0.1, -0.05) is 48.5 Å². The Labute approximate surface area is 215 Å². The van der Waals surface area contributed by atoms with Crippen molar-refractivity contribution in [3.63, 3.8) is 0 Å². The molecule has 3 aromatic rings. The number of aromatic nitrogens is 1. The van der Waals surface area contributed by atoms with E-state index >= 15 is 0 Å². The first kappa shape index (κ1) is 27.9. The summed E-state index contributed by atoms with van der Waals surface area (Å²) in [6.45, 7) is 0. The largest absolute Gasteiger partial charge is 0.481 e. The van der Waals surface area contributed by atoms with Crippen molar-refractivity contribution < 1.29 is 34.8 Å². The van der Waals surface area contributed by atoms with Crippen molar-refractivity contribution in [1.82, 2.24) is 9.88 Å². The van der Waals surface area contributed by atoms with E-state index in [0.29, 0.717) is 5.92 Å². The molecule has 0 radical (unpaired) electrons. The van der Waals surface area contributed by atoms with Crippen molar-refractivity contribution in [2.45, 2.75) is 55.6 Å². The maximum atomic E-state index is 10.3. The molecule has 0 saturated heterocycles. The molecule has 0 spiro atoms. The van der Waals surface area contributed by atoms with Crippen LogP contribution in [0.5, 0.6) is 0 Å². The number of H-pyrrole nitrogens is 1. The molecular formula is C28H34N2O7. The highest BCUT2D eigenvalue weighted by Crippen LogP contribution is 2.47. The van der Waals surface area contributed by atoms with Gasteiger partial charge >= 0.3 is 17.9 Å². The fourth-order valence-corrected chi connectivity index (χ4v) is 5.29. The summed E-state index contributed by atoms with van der Waals surface area (Å²) in [7, 11) is 4.47. The first-order valence-corrected chi connectivity index (χ1v) is 12.2. The van der Waals surface area contributed by atoms with Gasteiger partial charge in [-0.15, -0.1) is 0 Å². The maximum absolute atomic E-state index is 10.3. The van der Waals surface area contributed by atoms with Crippen molar-refractivity contribution in [2.75, 3.05) is 14.1 Å². The number of carboxylic acids is 3. The Balaban J connectivity index is 0.000000251. The van der Waals surface area contributed by atoms with Gasteiger partial charge < -0.3 is 25.4 Å². The van der Waals surface area contributed by atoms with E-state index in [9.17, 15) is 14.4 Å². The van der Waals surface area contributed by atoms with Gasteiger partial charge in [0.15, 0.2) is 5.60 Å². The third-order valence-corrected chi connectivity index (χ3v) is 7.33. The molecule has 1 aliphatic rings. The van der Waals surface area contributed by atoms with E-state index in [1.54, 1.807) is 0 Å². The van der Waals surface area contributed by atoms with E-state index in [1.165, 1.54) is 47.7 Å². The van der Waals surface area contributed by atoms with Gasteiger partial charge in [0.25, 0.3) is 0 Å². The third kappa shape index (κ3) is 6.36. The van der Waals surface area contributed by atoms with Crippen LogP contribution in [-0.2, 0) is 19.9 Å². The third-order valence-electron chi connectivity index (χ3n) is 7.33. The number of aromatic amines is 1. The van der Waals surface area contributed by atoms with E-state index < -0.39 is 36.4 Å². The highest BCUT2D eigenvalue weighted by Gasteiger charge is 2.41. The van der Waals surface area contributed by atoms with E-state index in [-0.39, 0.29) is 5.54 Å². The Kier molecular flexibility index (Phi) is 8.73. The Bertz CT molecular complexity index is 1210. The molecule has 2 aromatic carbocycles. The van der Waals surface area contributed by atoms with Crippen LogP contribution in [0.3, 0.4) is 0 Å². The Hall–Kier alpha value is -3.69. The molecule has 1 saturated carbocycles. The molecule has 9 heteroatoms. The summed E-state index contributed by atoms with van der Waals surface area (Å²) in [5.74, 6) is -4.35. The summed E-state index contributed by atoms with van der Waals surface area (Å²) < 4.78 is 0. The number of carbonyl (C=O) groups is 3. The van der Waals surface area contributed by atoms with Gasteiger partial charge in [-0.3, -0.25) is 14.5 Å². The van der Waals surface area contributed by atoms with Gasteiger partial charge in [0.1, 0.15) is 0 Å². The number of hydrogen-bond acceptors (Lipinski definition) is 5. The fraction of sp³-hybridized carbons (Fsp3) is 0.393. The number of fused-ring (bicyclic) bond motifs is 1. The van der Waals surface area contributed by atoms with E-state index in [0.717, 1.165) is 0 Å². The summed E-state index contributed by atoms with van der Waals surface area (Å²) in [6, 6.07) is 19.7. The molecule has 198 valence electrons. The van der Waals surface area contributed by atoms with E-state index in [2.05, 4.69) is 84.8 Å². The molecule has 1 fully saturated rings. The number of hydrogen-bond donors (Lipinski definition) is 5. The molecule has 1 aromatic heterocycles. The predicted molar refractivity (Wildman–Crippen MR) is 138 cm³/mol. The van der Waals surface area contributed by atoms with Crippen LogP contribution < -0.4 is 0 Å². The number of aliphatic hydroxyl groups is 1. The number of nitrogens with zero attached hydrogens (tertiary/aromatic N) is 1. The normalized spacial score (nSPS) is 19.7. The second-order valence-electron chi connectivity index (χ2n) is 9.83. The summed E-state index contributed by atoms with van der Waals surface area (Å²) in [5.41, 5.74) is 1.68. The van der Waals surface area contributed by atoms with Crippen LogP contribution in [0, 0.1) is 0 Å². The second-order valence-corrected chi connectivity index (χ2v) is 9.83.